The zero-order valence-corrected chi connectivity index (χ0v) is 13.7. The van der Waals surface area contributed by atoms with Gasteiger partial charge >= 0.3 is 6.03 Å². The van der Waals surface area contributed by atoms with Crippen molar-refractivity contribution in [1.82, 2.24) is 20.2 Å². The standard InChI is InChI=1S/C16H17ClFN5O/c17-13-10-12(2-3-14(13)18)11-21-16(24)23-8-6-22(7-9-23)15-19-4-1-5-20-15/h1-5,10H,6-9,11H2,(H,21,24). The molecule has 0 unspecified atom stereocenters. The molecule has 126 valence electrons. The Hall–Kier alpha value is -2.41. The number of carbonyl (C=O) groups excluding carboxylic acids is 1. The maximum atomic E-state index is 13.1. The second kappa shape index (κ2) is 7.44. The van der Waals surface area contributed by atoms with E-state index >= 15 is 0 Å². The van der Waals surface area contributed by atoms with Crippen LogP contribution in [-0.2, 0) is 6.54 Å². The number of nitrogens with one attached hydrogen (secondary N) is 1. The van der Waals surface area contributed by atoms with Crippen molar-refractivity contribution in [1.29, 1.82) is 0 Å². The highest BCUT2D eigenvalue weighted by atomic mass is 35.5. The van der Waals surface area contributed by atoms with E-state index in [9.17, 15) is 9.18 Å². The summed E-state index contributed by atoms with van der Waals surface area (Å²) in [5.74, 6) is 0.213. The molecular formula is C16H17ClFN5O. The third-order valence-electron chi connectivity index (χ3n) is 3.83. The lowest BCUT2D eigenvalue weighted by Gasteiger charge is -2.34. The van der Waals surface area contributed by atoms with Crippen molar-refractivity contribution in [2.24, 2.45) is 0 Å². The van der Waals surface area contributed by atoms with Crippen LogP contribution in [0.1, 0.15) is 5.56 Å². The Bertz CT molecular complexity index is 707. The zero-order valence-electron chi connectivity index (χ0n) is 13.0. The van der Waals surface area contributed by atoms with E-state index in [2.05, 4.69) is 15.3 Å². The fourth-order valence-corrected chi connectivity index (χ4v) is 2.71. The molecule has 1 aromatic heterocycles. The van der Waals surface area contributed by atoms with Crippen molar-refractivity contribution in [3.05, 3.63) is 53.1 Å². The lowest BCUT2D eigenvalue weighted by molar-refractivity contribution is 0.193. The van der Waals surface area contributed by atoms with E-state index in [0.717, 1.165) is 5.56 Å². The van der Waals surface area contributed by atoms with E-state index < -0.39 is 5.82 Å². The second-order valence-corrected chi connectivity index (χ2v) is 5.84. The number of benzene rings is 1. The van der Waals surface area contributed by atoms with Gasteiger partial charge in [0.2, 0.25) is 5.95 Å². The van der Waals surface area contributed by atoms with Crippen LogP contribution in [0.5, 0.6) is 0 Å². The fourth-order valence-electron chi connectivity index (χ4n) is 2.50. The number of halogens is 2. The highest BCUT2D eigenvalue weighted by molar-refractivity contribution is 6.30. The summed E-state index contributed by atoms with van der Waals surface area (Å²) < 4.78 is 13.1. The van der Waals surface area contributed by atoms with Gasteiger partial charge in [-0.3, -0.25) is 0 Å². The van der Waals surface area contributed by atoms with Gasteiger partial charge in [-0.25, -0.2) is 19.2 Å². The van der Waals surface area contributed by atoms with Crippen molar-refractivity contribution in [3.63, 3.8) is 0 Å². The van der Waals surface area contributed by atoms with Gasteiger partial charge in [0, 0.05) is 45.1 Å². The Morgan fingerprint density at radius 1 is 1.21 bits per heavy atom. The van der Waals surface area contributed by atoms with Crippen LogP contribution < -0.4 is 10.2 Å². The van der Waals surface area contributed by atoms with Gasteiger partial charge < -0.3 is 15.1 Å². The van der Waals surface area contributed by atoms with Crippen LogP contribution in [0.3, 0.4) is 0 Å². The molecule has 1 N–H and O–H groups in total. The van der Waals surface area contributed by atoms with Gasteiger partial charge in [-0.1, -0.05) is 17.7 Å². The number of hydrogen-bond acceptors (Lipinski definition) is 4. The Kier molecular flexibility index (Phi) is 5.10. The Morgan fingerprint density at radius 3 is 2.58 bits per heavy atom. The second-order valence-electron chi connectivity index (χ2n) is 5.43. The molecule has 24 heavy (non-hydrogen) atoms. The zero-order chi connectivity index (χ0) is 16.9. The summed E-state index contributed by atoms with van der Waals surface area (Å²) in [5.41, 5.74) is 0.756. The highest BCUT2D eigenvalue weighted by Gasteiger charge is 2.22. The van der Waals surface area contributed by atoms with Crippen molar-refractivity contribution < 1.29 is 9.18 Å². The molecule has 0 aliphatic carbocycles. The van der Waals surface area contributed by atoms with Crippen molar-refractivity contribution >= 4 is 23.6 Å². The van der Waals surface area contributed by atoms with Gasteiger partial charge in [0.1, 0.15) is 5.82 Å². The van der Waals surface area contributed by atoms with Crippen LogP contribution in [0, 0.1) is 5.82 Å². The summed E-state index contributed by atoms with van der Waals surface area (Å²) in [4.78, 5) is 24.4. The van der Waals surface area contributed by atoms with Gasteiger partial charge in [0.25, 0.3) is 0 Å². The average molecular weight is 350 g/mol. The molecule has 1 aliphatic heterocycles. The molecule has 2 aromatic rings. The number of hydrogen-bond donors (Lipinski definition) is 1. The molecule has 0 bridgehead atoms. The molecule has 6 nitrogen and oxygen atoms in total. The lowest BCUT2D eigenvalue weighted by atomic mass is 10.2. The van der Waals surface area contributed by atoms with Crippen molar-refractivity contribution in [2.45, 2.75) is 6.54 Å². The molecule has 2 amide bonds. The predicted octanol–water partition coefficient (Wildman–Crippen LogP) is 2.30. The van der Waals surface area contributed by atoms with Gasteiger partial charge in [-0.05, 0) is 23.8 Å². The lowest BCUT2D eigenvalue weighted by Crippen LogP contribution is -2.52. The number of carbonyl (C=O) groups is 1. The molecule has 8 heteroatoms. The largest absolute Gasteiger partial charge is 0.337 e. The van der Waals surface area contributed by atoms with Crippen molar-refractivity contribution in [3.8, 4) is 0 Å². The summed E-state index contributed by atoms with van der Waals surface area (Å²) in [6.45, 7) is 2.85. The van der Waals surface area contributed by atoms with Crippen LogP contribution in [-0.4, -0.2) is 47.1 Å². The third-order valence-corrected chi connectivity index (χ3v) is 4.12. The van der Waals surface area contributed by atoms with E-state index in [1.165, 1.54) is 12.1 Å². The van der Waals surface area contributed by atoms with E-state index in [1.807, 2.05) is 4.90 Å². The van der Waals surface area contributed by atoms with Crippen LogP contribution in [0.4, 0.5) is 15.1 Å². The van der Waals surface area contributed by atoms with Gasteiger partial charge in [0.15, 0.2) is 0 Å². The predicted molar refractivity (Wildman–Crippen MR) is 89.5 cm³/mol. The van der Waals surface area contributed by atoms with Gasteiger partial charge in [0.05, 0.1) is 5.02 Å². The molecule has 3 rings (SSSR count). The normalized spacial score (nSPS) is 14.6. The minimum absolute atomic E-state index is 0.0539. The fraction of sp³-hybridized carbons (Fsp3) is 0.312. The molecule has 0 saturated carbocycles. The summed E-state index contributed by atoms with van der Waals surface area (Å²) in [6, 6.07) is 6.04. The van der Waals surface area contributed by atoms with Crippen LogP contribution >= 0.6 is 11.6 Å². The monoisotopic (exact) mass is 349 g/mol. The molecule has 0 radical (unpaired) electrons. The number of nitrogens with zero attached hydrogens (tertiary/aromatic N) is 4. The minimum atomic E-state index is -0.467. The molecule has 2 heterocycles. The quantitative estimate of drug-likeness (QED) is 0.923. The maximum Gasteiger partial charge on any atom is 0.317 e. The molecule has 0 atom stereocenters. The van der Waals surface area contributed by atoms with E-state index in [0.29, 0.717) is 38.7 Å². The molecular weight excluding hydrogens is 333 g/mol. The smallest absolute Gasteiger partial charge is 0.317 e. The van der Waals surface area contributed by atoms with Crippen LogP contribution in [0.2, 0.25) is 5.02 Å². The highest BCUT2D eigenvalue weighted by Crippen LogP contribution is 2.16. The Labute approximate surface area is 144 Å². The van der Waals surface area contributed by atoms with Gasteiger partial charge in [-0.15, -0.1) is 0 Å². The topological polar surface area (TPSA) is 61.4 Å². The molecule has 1 fully saturated rings. The van der Waals surface area contributed by atoms with E-state index in [-0.39, 0.29) is 11.1 Å². The van der Waals surface area contributed by atoms with E-state index in [4.69, 9.17) is 11.6 Å². The number of amides is 2. The van der Waals surface area contributed by atoms with Gasteiger partial charge in [-0.2, -0.15) is 0 Å². The third kappa shape index (κ3) is 3.91. The first-order valence-corrected chi connectivity index (χ1v) is 8.00. The van der Waals surface area contributed by atoms with Crippen molar-refractivity contribution in [2.75, 3.05) is 31.1 Å². The van der Waals surface area contributed by atoms with Crippen LogP contribution in [0.25, 0.3) is 0 Å². The first kappa shape index (κ1) is 16.4. The first-order valence-electron chi connectivity index (χ1n) is 7.62. The summed E-state index contributed by atoms with van der Waals surface area (Å²) in [5, 5.41) is 2.88. The number of piperazine rings is 1. The number of anilines is 1. The number of rotatable bonds is 3. The molecule has 1 aliphatic rings. The SMILES string of the molecule is O=C(NCc1ccc(F)c(Cl)c1)N1CCN(c2ncccn2)CC1. The number of urea groups is 1. The first-order chi connectivity index (χ1) is 11.6. The average Bonchev–Trinajstić information content (AvgIpc) is 2.63. The van der Waals surface area contributed by atoms with E-state index in [1.54, 1.807) is 29.4 Å². The Morgan fingerprint density at radius 2 is 1.92 bits per heavy atom. The Balaban J connectivity index is 1.49. The summed E-state index contributed by atoms with van der Waals surface area (Å²) >= 11 is 5.74. The minimum Gasteiger partial charge on any atom is -0.337 e. The summed E-state index contributed by atoms with van der Waals surface area (Å²) in [6.07, 6.45) is 3.41. The molecule has 0 spiro atoms. The van der Waals surface area contributed by atoms with Crippen LogP contribution in [0.15, 0.2) is 36.7 Å². The molecule has 1 aromatic carbocycles. The molecule has 1 saturated heterocycles. The maximum absolute atomic E-state index is 13.1. The number of aromatic nitrogens is 2. The summed E-state index contributed by atoms with van der Waals surface area (Å²) in [7, 11) is 0.